The molecule has 0 fully saturated rings. The molecule has 1 aromatic heterocycles. The number of carbonyl (C=O) groups excluding carboxylic acids is 1. The lowest BCUT2D eigenvalue weighted by Gasteiger charge is -2.14. The Balaban J connectivity index is 1.72. The molecule has 32 heavy (non-hydrogen) atoms. The average Bonchev–Trinajstić information content (AvgIpc) is 3.09. The van der Waals surface area contributed by atoms with Gasteiger partial charge in [-0.25, -0.2) is 0 Å². The second kappa shape index (κ2) is 10.7. The fraction of sp³-hybridized carbons (Fsp3) is 0.360. The van der Waals surface area contributed by atoms with E-state index in [2.05, 4.69) is 29.2 Å². The molecule has 7 heteroatoms. The number of rotatable bonds is 9. The molecule has 0 radical (unpaired) electrons. The van der Waals surface area contributed by atoms with Crippen LogP contribution in [-0.4, -0.2) is 41.3 Å². The van der Waals surface area contributed by atoms with Gasteiger partial charge in [0.05, 0.1) is 13.2 Å². The minimum atomic E-state index is -0.241. The molecule has 0 aliphatic rings. The molecule has 1 heterocycles. The van der Waals surface area contributed by atoms with E-state index in [1.807, 2.05) is 63.5 Å². The Morgan fingerprint density at radius 3 is 2.53 bits per heavy atom. The molecule has 0 bridgehead atoms. The molecule has 0 spiro atoms. The monoisotopic (exact) mass is 454 g/mol. The summed E-state index contributed by atoms with van der Waals surface area (Å²) in [5.74, 6) is 0.952. The van der Waals surface area contributed by atoms with Crippen LogP contribution in [0, 0.1) is 12.8 Å². The normalized spacial score (nSPS) is 11.2. The zero-order valence-corrected chi connectivity index (χ0v) is 20.1. The van der Waals surface area contributed by atoms with Gasteiger partial charge < -0.3 is 15.0 Å². The number of aromatic nitrogens is 2. The molecule has 1 N–H and O–H groups in total. The van der Waals surface area contributed by atoms with Gasteiger partial charge >= 0.3 is 0 Å². The maximum absolute atomic E-state index is 12.8. The number of hydrogen-bond acceptors (Lipinski definition) is 4. The van der Waals surface area contributed by atoms with Crippen molar-refractivity contribution in [3.8, 4) is 5.75 Å². The summed E-state index contributed by atoms with van der Waals surface area (Å²) in [5.41, 5.74) is 4.10. The maximum atomic E-state index is 12.8. The van der Waals surface area contributed by atoms with Gasteiger partial charge in [0.15, 0.2) is 5.69 Å². The van der Waals surface area contributed by atoms with E-state index in [0.717, 1.165) is 29.2 Å². The fourth-order valence-electron chi connectivity index (χ4n) is 3.27. The number of carbonyl (C=O) groups is 1. The Morgan fingerprint density at radius 1 is 1.16 bits per heavy atom. The summed E-state index contributed by atoms with van der Waals surface area (Å²) in [4.78, 5) is 14.9. The predicted octanol–water partition coefficient (Wildman–Crippen LogP) is 5.24. The van der Waals surface area contributed by atoms with E-state index < -0.39 is 0 Å². The quantitative estimate of drug-likeness (QED) is 0.480. The van der Waals surface area contributed by atoms with E-state index in [-0.39, 0.29) is 5.91 Å². The van der Waals surface area contributed by atoms with Gasteiger partial charge in [-0.15, -0.1) is 0 Å². The van der Waals surface area contributed by atoms with Crippen LogP contribution < -0.4 is 10.1 Å². The molecule has 3 rings (SSSR count). The van der Waals surface area contributed by atoms with Crippen LogP contribution in [0.3, 0.4) is 0 Å². The number of amides is 1. The molecule has 1 amide bonds. The zero-order valence-electron chi connectivity index (χ0n) is 19.4. The van der Waals surface area contributed by atoms with Crippen LogP contribution in [0.25, 0.3) is 0 Å². The Bertz CT molecular complexity index is 1060. The summed E-state index contributed by atoms with van der Waals surface area (Å²) >= 11 is 6.22. The lowest BCUT2D eigenvalue weighted by molar-refractivity contribution is 0.102. The molecule has 0 saturated carbocycles. The van der Waals surface area contributed by atoms with Gasteiger partial charge in [-0.3, -0.25) is 9.48 Å². The first-order valence-corrected chi connectivity index (χ1v) is 11.1. The number of halogens is 1. The van der Waals surface area contributed by atoms with E-state index in [1.54, 1.807) is 10.7 Å². The zero-order chi connectivity index (χ0) is 23.3. The molecular formula is C25H31ClN4O2. The van der Waals surface area contributed by atoms with Crippen LogP contribution in [0.15, 0.2) is 48.5 Å². The topological polar surface area (TPSA) is 59.4 Å². The summed E-state index contributed by atoms with van der Waals surface area (Å²) in [7, 11) is 4.05. The second-order valence-electron chi connectivity index (χ2n) is 8.67. The highest BCUT2D eigenvalue weighted by Gasteiger charge is 2.15. The van der Waals surface area contributed by atoms with Crippen LogP contribution in [0.4, 0.5) is 5.69 Å². The third kappa shape index (κ3) is 6.58. The maximum Gasteiger partial charge on any atom is 0.276 e. The number of nitrogens with zero attached hydrogens (tertiary/aromatic N) is 3. The van der Waals surface area contributed by atoms with Crippen LogP contribution >= 0.6 is 11.6 Å². The van der Waals surface area contributed by atoms with Crippen molar-refractivity contribution < 1.29 is 9.53 Å². The van der Waals surface area contributed by atoms with Crippen molar-refractivity contribution in [3.05, 3.63) is 76.1 Å². The van der Waals surface area contributed by atoms with Gasteiger partial charge in [0, 0.05) is 28.5 Å². The standard InChI is InChI=1S/C25H31ClN4O2/c1-17(2)16-32-24-11-8-21(26)13-20(24)15-30-18(3)12-23(28-30)25(31)27-22-9-6-19(7-10-22)14-29(4)5/h6-13,17H,14-16H2,1-5H3,(H,27,31). The fourth-order valence-corrected chi connectivity index (χ4v) is 3.46. The van der Waals surface area contributed by atoms with Crippen LogP contribution in [0.5, 0.6) is 5.75 Å². The number of aryl methyl sites for hydroxylation is 1. The first-order valence-electron chi connectivity index (χ1n) is 10.7. The van der Waals surface area contributed by atoms with Crippen molar-refractivity contribution >= 4 is 23.2 Å². The van der Waals surface area contributed by atoms with E-state index in [4.69, 9.17) is 16.3 Å². The van der Waals surface area contributed by atoms with Crippen molar-refractivity contribution in [2.75, 3.05) is 26.0 Å². The third-order valence-corrected chi connectivity index (χ3v) is 5.07. The Kier molecular flexibility index (Phi) is 7.94. The number of nitrogens with one attached hydrogen (secondary N) is 1. The lowest BCUT2D eigenvalue weighted by Crippen LogP contribution is -2.14. The molecule has 0 aliphatic heterocycles. The van der Waals surface area contributed by atoms with Gasteiger partial charge in [0.1, 0.15) is 5.75 Å². The molecule has 0 saturated heterocycles. The van der Waals surface area contributed by atoms with Crippen molar-refractivity contribution in [1.82, 2.24) is 14.7 Å². The van der Waals surface area contributed by atoms with E-state index in [0.29, 0.717) is 29.8 Å². The minimum Gasteiger partial charge on any atom is -0.493 e. The van der Waals surface area contributed by atoms with Gasteiger partial charge in [-0.05, 0) is 68.9 Å². The van der Waals surface area contributed by atoms with Crippen LogP contribution in [0.1, 0.15) is 41.2 Å². The van der Waals surface area contributed by atoms with Crippen LogP contribution in [-0.2, 0) is 13.1 Å². The highest BCUT2D eigenvalue weighted by atomic mass is 35.5. The molecule has 2 aromatic carbocycles. The second-order valence-corrected chi connectivity index (χ2v) is 9.11. The third-order valence-electron chi connectivity index (χ3n) is 4.84. The van der Waals surface area contributed by atoms with Crippen molar-refractivity contribution in [2.45, 2.75) is 33.9 Å². The van der Waals surface area contributed by atoms with Gasteiger partial charge in [-0.2, -0.15) is 5.10 Å². The number of hydrogen-bond donors (Lipinski definition) is 1. The number of ether oxygens (including phenoxy) is 1. The SMILES string of the molecule is Cc1cc(C(=O)Nc2ccc(CN(C)C)cc2)nn1Cc1cc(Cl)ccc1OCC(C)C. The van der Waals surface area contributed by atoms with Crippen molar-refractivity contribution in [3.63, 3.8) is 0 Å². The van der Waals surface area contributed by atoms with Crippen molar-refractivity contribution in [1.29, 1.82) is 0 Å². The van der Waals surface area contributed by atoms with Gasteiger partial charge in [0.25, 0.3) is 5.91 Å². The highest BCUT2D eigenvalue weighted by molar-refractivity contribution is 6.30. The average molecular weight is 455 g/mol. The molecule has 0 unspecified atom stereocenters. The summed E-state index contributed by atoms with van der Waals surface area (Å²) in [6.07, 6.45) is 0. The molecule has 170 valence electrons. The van der Waals surface area contributed by atoms with Gasteiger partial charge in [0.2, 0.25) is 0 Å². The summed E-state index contributed by atoms with van der Waals surface area (Å²) in [6, 6.07) is 15.2. The first kappa shape index (κ1) is 23.8. The molecule has 0 aliphatic carbocycles. The van der Waals surface area contributed by atoms with E-state index in [1.165, 1.54) is 5.56 Å². The van der Waals surface area contributed by atoms with Gasteiger partial charge in [-0.1, -0.05) is 37.6 Å². The van der Waals surface area contributed by atoms with Crippen LogP contribution in [0.2, 0.25) is 5.02 Å². The Hall–Kier alpha value is -2.83. The Labute approximate surface area is 195 Å². The summed E-state index contributed by atoms with van der Waals surface area (Å²) in [5, 5.41) is 8.08. The molecule has 0 atom stereocenters. The van der Waals surface area contributed by atoms with Crippen molar-refractivity contribution in [2.24, 2.45) is 5.92 Å². The number of anilines is 1. The predicted molar refractivity (Wildman–Crippen MR) is 130 cm³/mol. The Morgan fingerprint density at radius 2 is 1.88 bits per heavy atom. The largest absolute Gasteiger partial charge is 0.493 e. The molecule has 3 aromatic rings. The van der Waals surface area contributed by atoms with E-state index in [9.17, 15) is 4.79 Å². The molecule has 6 nitrogen and oxygen atoms in total. The smallest absolute Gasteiger partial charge is 0.276 e. The summed E-state index contributed by atoms with van der Waals surface area (Å²) in [6.45, 7) is 8.07. The minimum absolute atomic E-state index is 0.241. The lowest BCUT2D eigenvalue weighted by atomic mass is 10.2. The summed E-state index contributed by atoms with van der Waals surface area (Å²) < 4.78 is 7.75. The highest BCUT2D eigenvalue weighted by Crippen LogP contribution is 2.25. The van der Waals surface area contributed by atoms with E-state index >= 15 is 0 Å². The number of benzene rings is 2. The molecular weight excluding hydrogens is 424 g/mol. The first-order chi connectivity index (χ1) is 15.2.